The van der Waals surface area contributed by atoms with Crippen molar-refractivity contribution in [3.8, 4) is 0 Å². The summed E-state index contributed by atoms with van der Waals surface area (Å²) in [6.45, 7) is 6.78. The first kappa shape index (κ1) is 16.3. The number of hydrogen-bond donors (Lipinski definition) is 1. The van der Waals surface area contributed by atoms with Gasteiger partial charge in [-0.15, -0.1) is 0 Å². The highest BCUT2D eigenvalue weighted by molar-refractivity contribution is 5.80. The summed E-state index contributed by atoms with van der Waals surface area (Å²) in [7, 11) is 1.79. The lowest BCUT2D eigenvalue weighted by Gasteiger charge is -2.21. The molecule has 1 aliphatic heterocycles. The van der Waals surface area contributed by atoms with Gasteiger partial charge in [-0.3, -0.25) is 0 Å². The van der Waals surface area contributed by atoms with Gasteiger partial charge in [-0.2, -0.15) is 0 Å². The topological polar surface area (TPSA) is 36.9 Å². The van der Waals surface area contributed by atoms with E-state index in [1.165, 1.54) is 42.4 Å². The molecule has 0 spiro atoms. The van der Waals surface area contributed by atoms with E-state index in [1.54, 1.807) is 7.11 Å². The SMILES string of the molecule is CCNC(=NCc1ccc2c(c1)CCC2)N1CCC(COC)C1. The fourth-order valence-corrected chi connectivity index (χ4v) is 3.71. The zero-order valence-electron chi connectivity index (χ0n) is 14.5. The Kier molecular flexibility index (Phi) is 5.55. The Balaban J connectivity index is 1.65. The predicted molar refractivity (Wildman–Crippen MR) is 94.8 cm³/mol. The summed E-state index contributed by atoms with van der Waals surface area (Å²) in [4.78, 5) is 7.25. The standard InChI is InChI=1S/C19H29N3O/c1-3-20-19(22-10-9-16(13-22)14-23-2)21-12-15-7-8-17-5-4-6-18(17)11-15/h7-8,11,16H,3-6,9-10,12-14H2,1-2H3,(H,20,21). The molecule has 4 nitrogen and oxygen atoms in total. The van der Waals surface area contributed by atoms with Crippen LogP contribution in [0.4, 0.5) is 0 Å². The first-order chi connectivity index (χ1) is 11.3. The molecule has 2 aliphatic rings. The summed E-state index contributed by atoms with van der Waals surface area (Å²) in [6.07, 6.45) is 4.98. The number of aryl methyl sites for hydroxylation is 2. The Bertz CT molecular complexity index is 556. The minimum atomic E-state index is 0.629. The number of guanidine groups is 1. The maximum atomic E-state index is 5.30. The van der Waals surface area contributed by atoms with Gasteiger partial charge in [0.25, 0.3) is 0 Å². The second kappa shape index (κ2) is 7.82. The number of hydrogen-bond acceptors (Lipinski definition) is 2. The number of fused-ring (bicyclic) bond motifs is 1. The van der Waals surface area contributed by atoms with E-state index in [2.05, 4.69) is 35.3 Å². The molecule has 0 radical (unpaired) electrons. The van der Waals surface area contributed by atoms with Gasteiger partial charge in [0.15, 0.2) is 5.96 Å². The number of aliphatic imine (C=N–C) groups is 1. The zero-order valence-corrected chi connectivity index (χ0v) is 14.5. The summed E-state index contributed by atoms with van der Waals surface area (Å²) in [5, 5.41) is 3.44. The fraction of sp³-hybridized carbons (Fsp3) is 0.632. The van der Waals surface area contributed by atoms with Crippen LogP contribution in [0.2, 0.25) is 0 Å². The first-order valence-corrected chi connectivity index (χ1v) is 8.93. The molecular formula is C19H29N3O. The van der Waals surface area contributed by atoms with Crippen molar-refractivity contribution in [3.05, 3.63) is 34.9 Å². The predicted octanol–water partition coefficient (Wildman–Crippen LogP) is 2.61. The quantitative estimate of drug-likeness (QED) is 0.670. The van der Waals surface area contributed by atoms with Crippen LogP contribution in [0.1, 0.15) is 36.5 Å². The molecule has 1 aromatic rings. The second-order valence-corrected chi connectivity index (χ2v) is 6.68. The van der Waals surface area contributed by atoms with Crippen molar-refractivity contribution in [2.24, 2.45) is 10.9 Å². The molecule has 1 fully saturated rings. The average molecular weight is 315 g/mol. The van der Waals surface area contributed by atoms with Gasteiger partial charge in [-0.05, 0) is 49.3 Å². The lowest BCUT2D eigenvalue weighted by Crippen LogP contribution is -2.40. The highest BCUT2D eigenvalue weighted by atomic mass is 16.5. The van der Waals surface area contributed by atoms with E-state index in [0.29, 0.717) is 5.92 Å². The largest absolute Gasteiger partial charge is 0.384 e. The molecule has 1 heterocycles. The zero-order chi connectivity index (χ0) is 16.1. The Morgan fingerprint density at radius 1 is 1.35 bits per heavy atom. The van der Waals surface area contributed by atoms with Crippen molar-refractivity contribution in [2.45, 2.75) is 39.2 Å². The number of benzene rings is 1. The van der Waals surface area contributed by atoms with Crippen LogP contribution < -0.4 is 5.32 Å². The summed E-state index contributed by atoms with van der Waals surface area (Å²) in [6, 6.07) is 6.90. The number of ether oxygens (including phenoxy) is 1. The smallest absolute Gasteiger partial charge is 0.194 e. The van der Waals surface area contributed by atoms with Gasteiger partial charge in [0.05, 0.1) is 13.2 Å². The van der Waals surface area contributed by atoms with Crippen LogP contribution in [0.15, 0.2) is 23.2 Å². The van der Waals surface area contributed by atoms with Gasteiger partial charge in [0.1, 0.15) is 0 Å². The van der Waals surface area contributed by atoms with Gasteiger partial charge in [-0.1, -0.05) is 18.2 Å². The van der Waals surface area contributed by atoms with Crippen molar-refractivity contribution in [2.75, 3.05) is 33.4 Å². The van der Waals surface area contributed by atoms with E-state index < -0.39 is 0 Å². The second-order valence-electron chi connectivity index (χ2n) is 6.68. The Hall–Kier alpha value is -1.55. The Labute approximate surface area is 139 Å². The van der Waals surface area contributed by atoms with Crippen molar-refractivity contribution < 1.29 is 4.74 Å². The van der Waals surface area contributed by atoms with Crippen LogP contribution in [0, 0.1) is 5.92 Å². The van der Waals surface area contributed by atoms with E-state index >= 15 is 0 Å². The van der Waals surface area contributed by atoms with E-state index in [0.717, 1.165) is 38.7 Å². The van der Waals surface area contributed by atoms with Crippen LogP contribution in [0.3, 0.4) is 0 Å². The van der Waals surface area contributed by atoms with Gasteiger partial charge in [0.2, 0.25) is 0 Å². The van der Waals surface area contributed by atoms with Crippen LogP contribution >= 0.6 is 0 Å². The highest BCUT2D eigenvalue weighted by Gasteiger charge is 2.24. The molecule has 23 heavy (non-hydrogen) atoms. The maximum Gasteiger partial charge on any atom is 0.194 e. The average Bonchev–Trinajstić information content (AvgIpc) is 3.20. The molecule has 1 aliphatic carbocycles. The van der Waals surface area contributed by atoms with E-state index in [-0.39, 0.29) is 0 Å². The highest BCUT2D eigenvalue weighted by Crippen LogP contribution is 2.23. The molecule has 1 N–H and O–H groups in total. The third-order valence-electron chi connectivity index (χ3n) is 4.90. The number of rotatable bonds is 5. The third-order valence-corrected chi connectivity index (χ3v) is 4.90. The molecule has 3 rings (SSSR count). The summed E-state index contributed by atoms with van der Waals surface area (Å²) >= 11 is 0. The molecular weight excluding hydrogens is 286 g/mol. The fourth-order valence-electron chi connectivity index (χ4n) is 3.71. The van der Waals surface area contributed by atoms with Crippen LogP contribution in [-0.4, -0.2) is 44.2 Å². The number of methoxy groups -OCH3 is 1. The molecule has 1 unspecified atom stereocenters. The van der Waals surface area contributed by atoms with Crippen molar-refractivity contribution in [1.82, 2.24) is 10.2 Å². The molecule has 126 valence electrons. The van der Waals surface area contributed by atoms with E-state index in [1.807, 2.05) is 0 Å². The van der Waals surface area contributed by atoms with Gasteiger partial charge in [-0.25, -0.2) is 4.99 Å². The molecule has 1 saturated heterocycles. The number of nitrogens with zero attached hydrogens (tertiary/aromatic N) is 2. The normalized spacial score (nSPS) is 20.9. The molecule has 4 heteroatoms. The van der Waals surface area contributed by atoms with Crippen molar-refractivity contribution in [1.29, 1.82) is 0 Å². The third kappa shape index (κ3) is 4.05. The minimum absolute atomic E-state index is 0.629. The lowest BCUT2D eigenvalue weighted by molar-refractivity contribution is 0.157. The first-order valence-electron chi connectivity index (χ1n) is 8.93. The molecule has 0 amide bonds. The van der Waals surface area contributed by atoms with Crippen molar-refractivity contribution >= 4 is 5.96 Å². The van der Waals surface area contributed by atoms with Gasteiger partial charge >= 0.3 is 0 Å². The molecule has 0 bridgehead atoms. The van der Waals surface area contributed by atoms with Crippen LogP contribution in [-0.2, 0) is 24.1 Å². The Morgan fingerprint density at radius 2 is 2.22 bits per heavy atom. The lowest BCUT2D eigenvalue weighted by atomic mass is 10.1. The van der Waals surface area contributed by atoms with Crippen molar-refractivity contribution in [3.63, 3.8) is 0 Å². The summed E-state index contributed by atoms with van der Waals surface area (Å²) in [5.41, 5.74) is 4.39. The van der Waals surface area contributed by atoms with E-state index in [4.69, 9.17) is 9.73 Å². The maximum absolute atomic E-state index is 5.30. The summed E-state index contributed by atoms with van der Waals surface area (Å²) in [5.74, 6) is 1.68. The number of nitrogens with one attached hydrogen (secondary N) is 1. The molecule has 0 saturated carbocycles. The minimum Gasteiger partial charge on any atom is -0.384 e. The molecule has 1 atom stereocenters. The summed E-state index contributed by atoms with van der Waals surface area (Å²) < 4.78 is 5.30. The van der Waals surface area contributed by atoms with E-state index in [9.17, 15) is 0 Å². The molecule has 1 aromatic carbocycles. The van der Waals surface area contributed by atoms with Gasteiger partial charge in [0, 0.05) is 32.7 Å². The van der Waals surface area contributed by atoms with Crippen LogP contribution in [0.25, 0.3) is 0 Å². The van der Waals surface area contributed by atoms with Gasteiger partial charge < -0.3 is 15.0 Å². The Morgan fingerprint density at radius 3 is 3.04 bits per heavy atom. The monoisotopic (exact) mass is 315 g/mol. The number of likely N-dealkylation sites (tertiary alicyclic amines) is 1. The van der Waals surface area contributed by atoms with Crippen LogP contribution in [0.5, 0.6) is 0 Å². The molecule has 0 aromatic heterocycles.